The van der Waals surface area contributed by atoms with Gasteiger partial charge in [0.2, 0.25) is 0 Å². The maximum atomic E-state index is 9.20. The van der Waals surface area contributed by atoms with Gasteiger partial charge >= 0.3 is 0 Å². The molecule has 0 radical (unpaired) electrons. The molecule has 3 rings (SSSR count). The minimum absolute atomic E-state index is 0.633. The Morgan fingerprint density at radius 2 is 1.43 bits per heavy atom. The lowest BCUT2D eigenvalue weighted by Crippen LogP contribution is -1.88. The first-order chi connectivity index (χ1) is 11.2. The number of hydrogen-bond acceptors (Lipinski definition) is 2. The minimum Gasteiger partial charge on any atom is -0.497 e. The molecule has 23 heavy (non-hydrogen) atoms. The van der Waals surface area contributed by atoms with Crippen LogP contribution in [0.1, 0.15) is 5.56 Å². The molecular formula is C20H14ClNO. The van der Waals surface area contributed by atoms with Crippen LogP contribution in [0.15, 0.2) is 66.7 Å². The minimum atomic E-state index is 0.633. The fraction of sp³-hybridized carbons (Fsp3) is 0.0500. The van der Waals surface area contributed by atoms with Gasteiger partial charge in [-0.3, -0.25) is 0 Å². The zero-order valence-corrected chi connectivity index (χ0v) is 13.3. The highest BCUT2D eigenvalue weighted by Crippen LogP contribution is 2.34. The molecule has 0 saturated heterocycles. The lowest BCUT2D eigenvalue weighted by Gasteiger charge is -2.11. The molecule has 2 nitrogen and oxygen atoms in total. The van der Waals surface area contributed by atoms with Crippen LogP contribution in [0.4, 0.5) is 0 Å². The summed E-state index contributed by atoms with van der Waals surface area (Å²) >= 11 is 5.98. The molecule has 0 bridgehead atoms. The molecule has 0 aromatic heterocycles. The monoisotopic (exact) mass is 319 g/mol. The Kier molecular flexibility index (Phi) is 4.32. The van der Waals surface area contributed by atoms with Gasteiger partial charge in [-0.1, -0.05) is 41.9 Å². The molecule has 0 atom stereocenters. The van der Waals surface area contributed by atoms with Crippen molar-refractivity contribution in [1.29, 1.82) is 5.26 Å². The quantitative estimate of drug-likeness (QED) is 0.633. The Morgan fingerprint density at radius 3 is 2.04 bits per heavy atom. The lowest BCUT2D eigenvalue weighted by atomic mass is 9.93. The van der Waals surface area contributed by atoms with E-state index < -0.39 is 0 Å². The van der Waals surface area contributed by atoms with Gasteiger partial charge in [-0.05, 0) is 58.7 Å². The Labute approximate surface area is 140 Å². The molecule has 0 heterocycles. The highest BCUT2D eigenvalue weighted by atomic mass is 35.5. The van der Waals surface area contributed by atoms with Crippen LogP contribution in [0, 0.1) is 11.3 Å². The summed E-state index contributed by atoms with van der Waals surface area (Å²) in [5.74, 6) is 0.804. The number of nitrogens with zero attached hydrogens (tertiary/aromatic N) is 1. The van der Waals surface area contributed by atoms with Gasteiger partial charge < -0.3 is 4.74 Å². The normalized spacial score (nSPS) is 10.1. The Balaban J connectivity index is 2.16. The van der Waals surface area contributed by atoms with Crippen LogP contribution < -0.4 is 4.74 Å². The number of nitriles is 1. The van der Waals surface area contributed by atoms with E-state index in [1.165, 1.54) is 0 Å². The van der Waals surface area contributed by atoms with Gasteiger partial charge in [-0.15, -0.1) is 0 Å². The molecule has 3 aromatic rings. The summed E-state index contributed by atoms with van der Waals surface area (Å²) in [6.07, 6.45) is 0. The molecule has 0 aliphatic heterocycles. The molecular weight excluding hydrogens is 306 g/mol. The number of hydrogen-bond donors (Lipinski definition) is 0. The zero-order valence-electron chi connectivity index (χ0n) is 12.6. The van der Waals surface area contributed by atoms with E-state index in [9.17, 15) is 5.26 Å². The highest BCUT2D eigenvalue weighted by Gasteiger charge is 2.09. The van der Waals surface area contributed by atoms with Gasteiger partial charge in [-0.2, -0.15) is 5.26 Å². The van der Waals surface area contributed by atoms with Crippen LogP contribution >= 0.6 is 11.6 Å². The van der Waals surface area contributed by atoms with Crippen molar-refractivity contribution in [3.63, 3.8) is 0 Å². The zero-order chi connectivity index (χ0) is 16.2. The van der Waals surface area contributed by atoms with E-state index in [2.05, 4.69) is 6.07 Å². The van der Waals surface area contributed by atoms with E-state index in [0.29, 0.717) is 10.6 Å². The van der Waals surface area contributed by atoms with Crippen LogP contribution in [0.3, 0.4) is 0 Å². The summed E-state index contributed by atoms with van der Waals surface area (Å²) in [4.78, 5) is 0. The van der Waals surface area contributed by atoms with Crippen molar-refractivity contribution in [3.8, 4) is 34.1 Å². The molecule has 0 unspecified atom stereocenters. The van der Waals surface area contributed by atoms with Crippen molar-refractivity contribution in [2.45, 2.75) is 0 Å². The van der Waals surface area contributed by atoms with Crippen molar-refractivity contribution >= 4 is 11.6 Å². The van der Waals surface area contributed by atoms with Gasteiger partial charge in [0.05, 0.1) is 18.7 Å². The molecule has 3 aromatic carbocycles. The van der Waals surface area contributed by atoms with Crippen molar-refractivity contribution in [2.24, 2.45) is 0 Å². The first-order valence-electron chi connectivity index (χ1n) is 7.16. The average molecular weight is 320 g/mol. The van der Waals surface area contributed by atoms with Crippen LogP contribution in [-0.4, -0.2) is 7.11 Å². The number of halogens is 1. The second-order valence-corrected chi connectivity index (χ2v) is 5.54. The lowest BCUT2D eigenvalue weighted by molar-refractivity contribution is 0.415. The predicted molar refractivity (Wildman–Crippen MR) is 93.6 cm³/mol. The molecule has 3 heteroatoms. The summed E-state index contributed by atoms with van der Waals surface area (Å²) in [5.41, 5.74) is 4.80. The summed E-state index contributed by atoms with van der Waals surface area (Å²) in [6.45, 7) is 0. The number of ether oxygens (including phenoxy) is 1. The van der Waals surface area contributed by atoms with E-state index in [0.717, 1.165) is 28.0 Å². The molecule has 0 aliphatic carbocycles. The van der Waals surface area contributed by atoms with Crippen molar-refractivity contribution in [2.75, 3.05) is 7.11 Å². The van der Waals surface area contributed by atoms with E-state index in [-0.39, 0.29) is 0 Å². The van der Waals surface area contributed by atoms with Crippen LogP contribution in [0.2, 0.25) is 5.02 Å². The second kappa shape index (κ2) is 6.56. The standard InChI is InChI=1S/C20H14ClNO/c1-23-18-9-5-16(6-10-18)20-12-14(13-22)2-11-19(20)15-3-7-17(21)8-4-15/h2-12H,1H3. The van der Waals surface area contributed by atoms with E-state index in [1.807, 2.05) is 66.7 Å². The number of rotatable bonds is 3. The average Bonchev–Trinajstić information content (AvgIpc) is 2.62. The molecule has 0 N–H and O–H groups in total. The molecule has 0 saturated carbocycles. The Morgan fingerprint density at radius 1 is 0.826 bits per heavy atom. The van der Waals surface area contributed by atoms with Crippen LogP contribution in [0.5, 0.6) is 5.75 Å². The SMILES string of the molecule is COc1ccc(-c2cc(C#N)ccc2-c2ccc(Cl)cc2)cc1. The molecule has 0 aliphatic rings. The van der Waals surface area contributed by atoms with Crippen molar-refractivity contribution in [1.82, 2.24) is 0 Å². The molecule has 0 fully saturated rings. The maximum absolute atomic E-state index is 9.20. The molecule has 0 spiro atoms. The fourth-order valence-electron chi connectivity index (χ4n) is 2.50. The third-order valence-electron chi connectivity index (χ3n) is 3.70. The first-order valence-corrected chi connectivity index (χ1v) is 7.53. The molecule has 0 amide bonds. The van der Waals surface area contributed by atoms with Gasteiger partial charge in [-0.25, -0.2) is 0 Å². The summed E-state index contributed by atoms with van der Waals surface area (Å²) in [6, 6.07) is 23.4. The number of methoxy groups -OCH3 is 1. The summed E-state index contributed by atoms with van der Waals surface area (Å²) < 4.78 is 5.21. The summed E-state index contributed by atoms with van der Waals surface area (Å²) in [7, 11) is 1.64. The smallest absolute Gasteiger partial charge is 0.118 e. The summed E-state index contributed by atoms with van der Waals surface area (Å²) in [5, 5.41) is 9.90. The predicted octanol–water partition coefficient (Wildman–Crippen LogP) is 5.55. The van der Waals surface area contributed by atoms with Crippen molar-refractivity contribution in [3.05, 3.63) is 77.3 Å². The largest absolute Gasteiger partial charge is 0.497 e. The highest BCUT2D eigenvalue weighted by molar-refractivity contribution is 6.30. The third kappa shape index (κ3) is 3.21. The maximum Gasteiger partial charge on any atom is 0.118 e. The first kappa shape index (κ1) is 15.1. The van der Waals surface area contributed by atoms with E-state index in [4.69, 9.17) is 16.3 Å². The van der Waals surface area contributed by atoms with Gasteiger partial charge in [0.1, 0.15) is 5.75 Å². The van der Waals surface area contributed by atoms with Crippen LogP contribution in [0.25, 0.3) is 22.3 Å². The van der Waals surface area contributed by atoms with E-state index >= 15 is 0 Å². The van der Waals surface area contributed by atoms with Gasteiger partial charge in [0, 0.05) is 5.02 Å². The van der Waals surface area contributed by atoms with Crippen LogP contribution in [-0.2, 0) is 0 Å². The third-order valence-corrected chi connectivity index (χ3v) is 3.96. The second-order valence-electron chi connectivity index (χ2n) is 5.11. The Hall–Kier alpha value is -2.76. The van der Waals surface area contributed by atoms with Gasteiger partial charge in [0.25, 0.3) is 0 Å². The topological polar surface area (TPSA) is 33.0 Å². The molecule has 112 valence electrons. The van der Waals surface area contributed by atoms with Crippen molar-refractivity contribution < 1.29 is 4.74 Å². The Bertz CT molecular complexity index is 862. The van der Waals surface area contributed by atoms with E-state index in [1.54, 1.807) is 7.11 Å². The van der Waals surface area contributed by atoms with Gasteiger partial charge in [0.15, 0.2) is 0 Å². The fourth-order valence-corrected chi connectivity index (χ4v) is 2.63. The number of benzene rings is 3.